The van der Waals surface area contributed by atoms with Crippen LogP contribution < -0.4 is 10.9 Å². The molecule has 0 aliphatic heterocycles. The fraction of sp³-hybridized carbons (Fsp3) is 0. The van der Waals surface area contributed by atoms with Crippen molar-refractivity contribution in [3.8, 4) is 5.69 Å². The molecule has 0 saturated heterocycles. The molecule has 1 aromatic carbocycles. The Morgan fingerprint density at radius 1 is 1.05 bits per heavy atom. The highest BCUT2D eigenvalue weighted by molar-refractivity contribution is 7.73. The van der Waals surface area contributed by atoms with Crippen LogP contribution >= 0.6 is 7.37 Å². The molecule has 1 N–H and O–H groups in total. The minimum absolute atomic E-state index is 0.122. The van der Waals surface area contributed by atoms with Crippen LogP contribution in [0.2, 0.25) is 0 Å². The summed E-state index contributed by atoms with van der Waals surface area (Å²) in [6.07, 6.45) is 6.43. The molecule has 0 aliphatic rings. The van der Waals surface area contributed by atoms with Crippen molar-refractivity contribution in [1.82, 2.24) is 14.5 Å². The van der Waals surface area contributed by atoms with Gasteiger partial charge in [-0.15, -0.1) is 0 Å². The Kier molecular flexibility index (Phi) is 3.22. The highest BCUT2D eigenvalue weighted by atomic mass is 31.2. The highest BCUT2D eigenvalue weighted by Gasteiger charge is 2.29. The molecular weight excluding hydrogens is 273 g/mol. The van der Waals surface area contributed by atoms with Crippen LogP contribution in [0.15, 0.2) is 67.3 Å². The zero-order chi connectivity index (χ0) is 14.0. The Labute approximate surface area is 116 Å². The Balaban J connectivity index is 2.13. The topological polar surface area (TPSA) is 68.0 Å². The highest BCUT2D eigenvalue weighted by Crippen LogP contribution is 2.37. The largest absolute Gasteiger partial charge is 0.336 e. The summed E-state index contributed by atoms with van der Waals surface area (Å²) in [6, 6.07) is 12.1. The van der Waals surface area contributed by atoms with Gasteiger partial charge in [0.25, 0.3) is 7.37 Å². The third kappa shape index (κ3) is 2.18. The van der Waals surface area contributed by atoms with E-state index >= 15 is 0 Å². The predicted molar refractivity (Wildman–Crippen MR) is 76.9 cm³/mol. The van der Waals surface area contributed by atoms with E-state index in [1.807, 2.05) is 6.07 Å². The van der Waals surface area contributed by atoms with E-state index in [9.17, 15) is 9.46 Å². The third-order valence-corrected chi connectivity index (χ3v) is 4.79. The summed E-state index contributed by atoms with van der Waals surface area (Å²) in [7, 11) is -3.73. The molecule has 5 nitrogen and oxygen atoms in total. The minimum atomic E-state index is -3.73. The summed E-state index contributed by atoms with van der Waals surface area (Å²) in [5, 5.41) is 0.358. The molecule has 100 valence electrons. The average Bonchev–Trinajstić information content (AvgIpc) is 2.99. The van der Waals surface area contributed by atoms with Gasteiger partial charge in [0.2, 0.25) is 5.57 Å². The van der Waals surface area contributed by atoms with Gasteiger partial charge >= 0.3 is 0 Å². The van der Waals surface area contributed by atoms with Gasteiger partial charge in [-0.2, -0.15) is 0 Å². The van der Waals surface area contributed by atoms with Crippen molar-refractivity contribution in [3.05, 3.63) is 67.3 Å². The fourth-order valence-electron chi connectivity index (χ4n) is 1.96. The van der Waals surface area contributed by atoms with Crippen LogP contribution in [0.3, 0.4) is 0 Å². The van der Waals surface area contributed by atoms with Crippen molar-refractivity contribution < 1.29 is 9.46 Å². The second kappa shape index (κ2) is 5.04. The van der Waals surface area contributed by atoms with E-state index < -0.39 is 7.37 Å². The van der Waals surface area contributed by atoms with E-state index in [1.165, 1.54) is 6.20 Å². The van der Waals surface area contributed by atoms with Gasteiger partial charge in [-0.1, -0.05) is 18.2 Å². The van der Waals surface area contributed by atoms with Crippen molar-refractivity contribution in [3.63, 3.8) is 0 Å². The maximum Gasteiger partial charge on any atom is 0.293 e. The van der Waals surface area contributed by atoms with Crippen molar-refractivity contribution in [2.45, 2.75) is 0 Å². The van der Waals surface area contributed by atoms with Gasteiger partial charge < -0.3 is 4.89 Å². The number of pyridine rings is 1. The van der Waals surface area contributed by atoms with E-state index in [0.717, 1.165) is 0 Å². The van der Waals surface area contributed by atoms with Crippen LogP contribution in [0.1, 0.15) is 0 Å². The molecule has 3 aromatic rings. The van der Waals surface area contributed by atoms with Crippen LogP contribution in [0, 0.1) is 0 Å². The number of nitrogens with zero attached hydrogens (tertiary/aromatic N) is 3. The van der Waals surface area contributed by atoms with E-state index in [0.29, 0.717) is 11.0 Å². The second-order valence-electron chi connectivity index (χ2n) is 4.22. The fourth-order valence-corrected chi connectivity index (χ4v) is 3.47. The molecule has 0 aliphatic carbocycles. The first-order valence-corrected chi connectivity index (χ1v) is 7.68. The average molecular weight is 285 g/mol. The quantitative estimate of drug-likeness (QED) is 0.740. The van der Waals surface area contributed by atoms with E-state index in [1.54, 1.807) is 59.6 Å². The summed E-state index contributed by atoms with van der Waals surface area (Å²) in [5.41, 5.74) is 0.821. The number of aromatic nitrogens is 3. The molecule has 0 saturated carbocycles. The molecule has 2 heterocycles. The van der Waals surface area contributed by atoms with Crippen LogP contribution in [0.5, 0.6) is 0 Å². The molecule has 0 amide bonds. The molecule has 6 heteroatoms. The summed E-state index contributed by atoms with van der Waals surface area (Å²) in [4.78, 5) is 18.5. The molecule has 3 rings (SSSR count). The van der Waals surface area contributed by atoms with Gasteiger partial charge in [0.1, 0.15) is 0 Å². The van der Waals surface area contributed by atoms with Crippen LogP contribution in [-0.2, 0) is 4.57 Å². The summed E-state index contributed by atoms with van der Waals surface area (Å²) >= 11 is 0. The van der Waals surface area contributed by atoms with Gasteiger partial charge in [0, 0.05) is 23.9 Å². The number of hydrogen-bond donors (Lipinski definition) is 1. The number of hydrogen-bond acceptors (Lipinski definition) is 3. The van der Waals surface area contributed by atoms with E-state index in [4.69, 9.17) is 0 Å². The van der Waals surface area contributed by atoms with Crippen LogP contribution in [0.4, 0.5) is 0 Å². The summed E-state index contributed by atoms with van der Waals surface area (Å²) in [5.74, 6) is 0. The first-order valence-electron chi connectivity index (χ1n) is 6.02. The van der Waals surface area contributed by atoms with Gasteiger partial charge in [-0.05, 0) is 24.3 Å². The van der Waals surface area contributed by atoms with Crippen molar-refractivity contribution in [2.24, 2.45) is 0 Å². The zero-order valence-electron chi connectivity index (χ0n) is 10.5. The second-order valence-corrected chi connectivity index (χ2v) is 6.29. The standard InChI is InChI=1S/C14H12N3O2P/c18-20(19,13-6-2-1-3-7-13)14-16-9-10-17(14)12-5-4-8-15-11-12/h1-11H,(H,18,19). The Morgan fingerprint density at radius 3 is 2.55 bits per heavy atom. The molecule has 1 atom stereocenters. The Bertz CT molecular complexity index is 756. The lowest BCUT2D eigenvalue weighted by molar-refractivity contribution is 0.498. The number of benzene rings is 1. The maximum atomic E-state index is 12.7. The summed E-state index contributed by atoms with van der Waals surface area (Å²) < 4.78 is 14.3. The monoisotopic (exact) mass is 285 g/mol. The lowest BCUT2D eigenvalue weighted by Crippen LogP contribution is -2.24. The van der Waals surface area contributed by atoms with E-state index in [-0.39, 0.29) is 5.57 Å². The van der Waals surface area contributed by atoms with Crippen LogP contribution in [0.25, 0.3) is 5.69 Å². The Hall–Kier alpha value is -2.23. The van der Waals surface area contributed by atoms with Crippen molar-refractivity contribution in [1.29, 1.82) is 0 Å². The van der Waals surface area contributed by atoms with Crippen LogP contribution in [-0.4, -0.2) is 19.4 Å². The third-order valence-electron chi connectivity index (χ3n) is 2.92. The summed E-state index contributed by atoms with van der Waals surface area (Å²) in [6.45, 7) is 0. The molecule has 0 spiro atoms. The lowest BCUT2D eigenvalue weighted by atomic mass is 10.4. The smallest absolute Gasteiger partial charge is 0.293 e. The first kappa shape index (κ1) is 12.8. The minimum Gasteiger partial charge on any atom is -0.336 e. The SMILES string of the molecule is O=P(O)(c1ccccc1)c1nccn1-c1cccnc1. The first-order chi connectivity index (χ1) is 9.69. The molecule has 0 bridgehead atoms. The normalized spacial score (nSPS) is 13.8. The van der Waals surface area contributed by atoms with Gasteiger partial charge in [-0.25, -0.2) is 4.98 Å². The van der Waals surface area contributed by atoms with Crippen molar-refractivity contribution >= 4 is 18.2 Å². The van der Waals surface area contributed by atoms with E-state index in [2.05, 4.69) is 9.97 Å². The molecular formula is C14H12N3O2P. The Morgan fingerprint density at radius 2 is 1.85 bits per heavy atom. The molecule has 1 unspecified atom stereocenters. The molecule has 0 fully saturated rings. The predicted octanol–water partition coefficient (Wildman–Crippen LogP) is 1.49. The maximum absolute atomic E-state index is 12.7. The zero-order valence-corrected chi connectivity index (χ0v) is 11.4. The molecule has 20 heavy (non-hydrogen) atoms. The van der Waals surface area contributed by atoms with Gasteiger partial charge in [0.15, 0.2) is 0 Å². The number of imidazole rings is 1. The molecule has 2 aromatic heterocycles. The van der Waals surface area contributed by atoms with Crippen molar-refractivity contribution in [2.75, 3.05) is 0 Å². The van der Waals surface area contributed by atoms with Gasteiger partial charge in [-0.3, -0.25) is 14.1 Å². The van der Waals surface area contributed by atoms with Gasteiger partial charge in [0.05, 0.1) is 11.9 Å². The molecule has 0 radical (unpaired) electrons. The lowest BCUT2D eigenvalue weighted by Gasteiger charge is -2.13. The number of rotatable bonds is 3.